The lowest BCUT2D eigenvalue weighted by molar-refractivity contribution is -0.142. The highest BCUT2D eigenvalue weighted by Gasteiger charge is 2.20. The van der Waals surface area contributed by atoms with Crippen LogP contribution >= 0.6 is 0 Å². The normalized spacial score (nSPS) is 15.3. The topological polar surface area (TPSA) is 58.6 Å². The zero-order chi connectivity index (χ0) is 9.56. The van der Waals surface area contributed by atoms with E-state index in [1.165, 1.54) is 7.11 Å². The molecule has 0 spiro atoms. The largest absolute Gasteiger partial charge is 0.469 e. The van der Waals surface area contributed by atoms with Gasteiger partial charge < -0.3 is 15.2 Å². The summed E-state index contributed by atoms with van der Waals surface area (Å²) >= 11 is 0. The summed E-state index contributed by atoms with van der Waals surface area (Å²) < 4.78 is 16.3. The lowest BCUT2D eigenvalue weighted by Gasteiger charge is -2.18. The van der Waals surface area contributed by atoms with E-state index >= 15 is 0 Å². The fourth-order valence-electron chi connectivity index (χ4n) is 0.801. The van der Waals surface area contributed by atoms with Gasteiger partial charge >= 0.3 is 5.97 Å². The van der Waals surface area contributed by atoms with Gasteiger partial charge in [-0.15, -0.1) is 0 Å². The Balaban J connectivity index is 3.90. The molecule has 0 heterocycles. The average molecular weight is 179 g/mol. The number of ether oxygens (including phenoxy) is 1. The summed E-state index contributed by atoms with van der Waals surface area (Å²) in [6.45, 7) is -0.873. The van der Waals surface area contributed by atoms with E-state index in [1.807, 2.05) is 0 Å². The molecule has 0 aromatic rings. The minimum Gasteiger partial charge on any atom is -0.469 e. The maximum Gasteiger partial charge on any atom is 0.307 e. The van der Waals surface area contributed by atoms with Crippen LogP contribution in [0, 0.1) is 0 Å². The Morgan fingerprint density at radius 2 is 2.33 bits per heavy atom. The van der Waals surface area contributed by atoms with Gasteiger partial charge in [-0.1, -0.05) is 0 Å². The van der Waals surface area contributed by atoms with Crippen LogP contribution in [0.25, 0.3) is 0 Å². The van der Waals surface area contributed by atoms with E-state index in [0.717, 1.165) is 0 Å². The second-order valence-electron chi connectivity index (χ2n) is 2.40. The smallest absolute Gasteiger partial charge is 0.307 e. The Bertz CT molecular complexity index is 143. The minimum atomic E-state index is -1.16. The van der Waals surface area contributed by atoms with Crippen molar-refractivity contribution in [3.8, 4) is 0 Å². The maximum absolute atomic E-state index is 11.9. The molecule has 0 fully saturated rings. The molecule has 0 aliphatic rings. The minimum absolute atomic E-state index is 0.0297. The number of carbonyl (C=O) groups is 1. The van der Waals surface area contributed by atoms with Crippen LogP contribution in [0.3, 0.4) is 0 Å². The first-order chi connectivity index (χ1) is 5.65. The number of carbonyl (C=O) groups excluding carboxylic acids is 1. The number of nitrogens with one attached hydrogen (secondary N) is 1. The van der Waals surface area contributed by atoms with Gasteiger partial charge in [-0.25, -0.2) is 4.39 Å². The number of aliphatic hydroxyl groups is 1. The molecule has 2 N–H and O–H groups in total. The first kappa shape index (κ1) is 11.3. The number of esters is 1. The maximum atomic E-state index is 11.9. The summed E-state index contributed by atoms with van der Waals surface area (Å²) in [5, 5.41) is 11.6. The van der Waals surface area contributed by atoms with E-state index in [9.17, 15) is 9.18 Å². The Labute approximate surface area is 70.7 Å². The monoisotopic (exact) mass is 179 g/mol. The molecule has 12 heavy (non-hydrogen) atoms. The second kappa shape index (κ2) is 5.91. The van der Waals surface area contributed by atoms with Crippen LogP contribution in [-0.2, 0) is 9.53 Å². The summed E-state index contributed by atoms with van der Waals surface area (Å²) in [6, 6.07) is -0.581. The predicted octanol–water partition coefficient (Wildman–Crippen LogP) is -0.532. The molecule has 0 aromatic carbocycles. The molecule has 0 rings (SSSR count). The Morgan fingerprint density at radius 3 is 2.67 bits per heavy atom. The first-order valence-corrected chi connectivity index (χ1v) is 3.63. The lowest BCUT2D eigenvalue weighted by atomic mass is 10.1. The molecule has 0 amide bonds. The Kier molecular flexibility index (Phi) is 5.57. The van der Waals surface area contributed by atoms with Crippen molar-refractivity contribution in [1.29, 1.82) is 0 Å². The van der Waals surface area contributed by atoms with Gasteiger partial charge in [-0.2, -0.15) is 0 Å². The number of rotatable bonds is 5. The molecule has 0 bridgehead atoms. The lowest BCUT2D eigenvalue weighted by Crippen LogP contribution is -2.40. The zero-order valence-electron chi connectivity index (χ0n) is 7.21. The molecule has 0 radical (unpaired) electrons. The second-order valence-corrected chi connectivity index (χ2v) is 2.40. The first-order valence-electron chi connectivity index (χ1n) is 3.63. The molecule has 0 aliphatic heterocycles. The summed E-state index contributed by atoms with van der Waals surface area (Å²) in [6.07, 6.45) is -1.19. The van der Waals surface area contributed by atoms with E-state index < -0.39 is 24.8 Å². The van der Waals surface area contributed by atoms with Crippen molar-refractivity contribution in [1.82, 2.24) is 5.32 Å². The predicted molar refractivity (Wildman–Crippen MR) is 41.5 cm³/mol. The number of methoxy groups -OCH3 is 1. The molecular formula is C7H14FNO3. The van der Waals surface area contributed by atoms with Gasteiger partial charge in [0.1, 0.15) is 6.67 Å². The third kappa shape index (κ3) is 3.64. The van der Waals surface area contributed by atoms with Crippen LogP contribution in [0.15, 0.2) is 0 Å². The Morgan fingerprint density at radius 1 is 1.75 bits per heavy atom. The molecule has 0 saturated carbocycles. The number of alkyl halides is 1. The van der Waals surface area contributed by atoms with E-state index in [2.05, 4.69) is 10.1 Å². The molecular weight excluding hydrogens is 165 g/mol. The third-order valence-electron chi connectivity index (χ3n) is 1.61. The quantitative estimate of drug-likeness (QED) is 0.557. The van der Waals surface area contributed by atoms with Gasteiger partial charge in [0.2, 0.25) is 0 Å². The van der Waals surface area contributed by atoms with Crippen LogP contribution in [0.2, 0.25) is 0 Å². The van der Waals surface area contributed by atoms with Gasteiger partial charge in [0, 0.05) is 6.04 Å². The summed E-state index contributed by atoms with van der Waals surface area (Å²) in [5.74, 6) is -0.471. The standard InChI is InChI=1S/C7H14FNO3/c1-9-5(6(10)4-8)3-7(11)12-2/h5-6,9-10H,3-4H2,1-2H3. The molecule has 0 aliphatic carbocycles. The van der Waals surface area contributed by atoms with Gasteiger partial charge in [-0.05, 0) is 7.05 Å². The fourth-order valence-corrected chi connectivity index (χ4v) is 0.801. The van der Waals surface area contributed by atoms with Gasteiger partial charge in [0.25, 0.3) is 0 Å². The van der Waals surface area contributed by atoms with E-state index in [-0.39, 0.29) is 6.42 Å². The number of hydrogen-bond acceptors (Lipinski definition) is 4. The highest BCUT2D eigenvalue weighted by molar-refractivity contribution is 5.70. The van der Waals surface area contributed by atoms with Crippen LogP contribution in [0.4, 0.5) is 4.39 Å². The number of aliphatic hydroxyl groups excluding tert-OH is 1. The van der Waals surface area contributed by atoms with E-state index in [0.29, 0.717) is 0 Å². The number of likely N-dealkylation sites (N-methyl/N-ethyl adjacent to an activating group) is 1. The van der Waals surface area contributed by atoms with Crippen molar-refractivity contribution >= 4 is 5.97 Å². The summed E-state index contributed by atoms with van der Waals surface area (Å²) in [4.78, 5) is 10.7. The summed E-state index contributed by atoms with van der Waals surface area (Å²) in [7, 11) is 2.80. The summed E-state index contributed by atoms with van der Waals surface area (Å²) in [5.41, 5.74) is 0. The van der Waals surface area contributed by atoms with Gasteiger partial charge in [0.05, 0.1) is 19.6 Å². The Hall–Kier alpha value is -0.680. The van der Waals surface area contributed by atoms with E-state index in [4.69, 9.17) is 5.11 Å². The third-order valence-corrected chi connectivity index (χ3v) is 1.61. The highest BCUT2D eigenvalue weighted by Crippen LogP contribution is 2.00. The van der Waals surface area contributed by atoms with Crippen molar-refractivity contribution in [3.63, 3.8) is 0 Å². The van der Waals surface area contributed by atoms with Crippen LogP contribution in [0.5, 0.6) is 0 Å². The number of hydrogen-bond donors (Lipinski definition) is 2. The number of halogens is 1. The van der Waals surface area contributed by atoms with Crippen molar-refractivity contribution < 1.29 is 19.0 Å². The van der Waals surface area contributed by atoms with Crippen molar-refractivity contribution in [2.24, 2.45) is 0 Å². The SMILES string of the molecule is CNC(CC(=O)OC)C(O)CF. The molecule has 0 aromatic heterocycles. The zero-order valence-corrected chi connectivity index (χ0v) is 7.21. The fraction of sp³-hybridized carbons (Fsp3) is 0.857. The highest BCUT2D eigenvalue weighted by atomic mass is 19.1. The molecule has 4 nitrogen and oxygen atoms in total. The van der Waals surface area contributed by atoms with Gasteiger partial charge in [-0.3, -0.25) is 4.79 Å². The molecule has 72 valence electrons. The van der Waals surface area contributed by atoms with Crippen LogP contribution in [-0.4, -0.2) is 44.1 Å². The molecule has 0 saturated heterocycles. The van der Waals surface area contributed by atoms with E-state index in [1.54, 1.807) is 7.05 Å². The van der Waals surface area contributed by atoms with Crippen molar-refractivity contribution in [2.75, 3.05) is 20.8 Å². The van der Waals surface area contributed by atoms with Crippen molar-refractivity contribution in [2.45, 2.75) is 18.6 Å². The average Bonchev–Trinajstić information content (AvgIpc) is 2.12. The van der Waals surface area contributed by atoms with Gasteiger partial charge in [0.15, 0.2) is 0 Å². The molecule has 5 heteroatoms. The van der Waals surface area contributed by atoms with Crippen molar-refractivity contribution in [3.05, 3.63) is 0 Å². The van der Waals surface area contributed by atoms with Crippen LogP contribution < -0.4 is 5.32 Å². The molecule has 2 atom stereocenters. The molecule has 2 unspecified atom stereocenters. The van der Waals surface area contributed by atoms with Crippen LogP contribution in [0.1, 0.15) is 6.42 Å².